The van der Waals surface area contributed by atoms with Crippen LogP contribution >= 0.6 is 0 Å². The standard InChI is InChI=1S/C13H22N2O2/c16-12(14-11-7-3-4-8-11)13(17)15-9-5-1-2-6-10-15/h11H,1-10H2,(H,14,16). The summed E-state index contributed by atoms with van der Waals surface area (Å²) in [4.78, 5) is 25.5. The number of carbonyl (C=O) groups excluding carboxylic acids is 2. The van der Waals surface area contributed by atoms with E-state index >= 15 is 0 Å². The fourth-order valence-electron chi connectivity index (χ4n) is 2.73. The summed E-state index contributed by atoms with van der Waals surface area (Å²) in [5, 5.41) is 2.87. The Morgan fingerprint density at radius 3 is 2.06 bits per heavy atom. The fourth-order valence-corrected chi connectivity index (χ4v) is 2.73. The van der Waals surface area contributed by atoms with E-state index in [-0.39, 0.29) is 17.9 Å². The molecule has 0 bridgehead atoms. The van der Waals surface area contributed by atoms with Gasteiger partial charge in [0, 0.05) is 19.1 Å². The van der Waals surface area contributed by atoms with Crippen molar-refractivity contribution in [2.75, 3.05) is 13.1 Å². The zero-order chi connectivity index (χ0) is 12.1. The highest BCUT2D eigenvalue weighted by atomic mass is 16.2. The Morgan fingerprint density at radius 1 is 0.882 bits per heavy atom. The number of nitrogens with one attached hydrogen (secondary N) is 1. The summed E-state index contributed by atoms with van der Waals surface area (Å²) in [6.45, 7) is 1.49. The largest absolute Gasteiger partial charge is 0.345 e. The molecule has 0 spiro atoms. The van der Waals surface area contributed by atoms with Crippen LogP contribution in [0.3, 0.4) is 0 Å². The topological polar surface area (TPSA) is 49.4 Å². The molecule has 0 unspecified atom stereocenters. The van der Waals surface area contributed by atoms with Crippen LogP contribution in [0.25, 0.3) is 0 Å². The van der Waals surface area contributed by atoms with Gasteiger partial charge in [0.15, 0.2) is 0 Å². The molecule has 1 saturated carbocycles. The number of likely N-dealkylation sites (tertiary alicyclic amines) is 1. The predicted octanol–water partition coefficient (Wildman–Crippen LogP) is 1.45. The SMILES string of the molecule is O=C(NC1CCCC1)C(=O)N1CCCCCC1. The van der Waals surface area contributed by atoms with Crippen molar-refractivity contribution in [1.82, 2.24) is 10.2 Å². The highest BCUT2D eigenvalue weighted by molar-refractivity contribution is 6.35. The molecule has 0 atom stereocenters. The summed E-state index contributed by atoms with van der Waals surface area (Å²) in [5.74, 6) is -0.711. The molecular weight excluding hydrogens is 216 g/mol. The Bertz CT molecular complexity index is 277. The van der Waals surface area contributed by atoms with Gasteiger partial charge in [0.25, 0.3) is 0 Å². The third-order valence-electron chi connectivity index (χ3n) is 3.78. The lowest BCUT2D eigenvalue weighted by atomic mass is 10.2. The quantitative estimate of drug-likeness (QED) is 0.703. The number of rotatable bonds is 1. The van der Waals surface area contributed by atoms with Crippen LogP contribution in [0.4, 0.5) is 0 Å². The minimum absolute atomic E-state index is 0.235. The third-order valence-corrected chi connectivity index (χ3v) is 3.78. The van der Waals surface area contributed by atoms with Crippen LogP contribution in [0.15, 0.2) is 0 Å². The molecule has 96 valence electrons. The summed E-state index contributed by atoms with van der Waals surface area (Å²) < 4.78 is 0. The van der Waals surface area contributed by atoms with Crippen molar-refractivity contribution < 1.29 is 9.59 Å². The second-order valence-electron chi connectivity index (χ2n) is 5.16. The molecule has 4 nitrogen and oxygen atoms in total. The summed E-state index contributed by atoms with van der Waals surface area (Å²) in [6, 6.07) is 0.235. The zero-order valence-corrected chi connectivity index (χ0v) is 10.4. The first-order chi connectivity index (χ1) is 8.27. The molecule has 0 aromatic carbocycles. The monoisotopic (exact) mass is 238 g/mol. The van der Waals surface area contributed by atoms with Crippen LogP contribution in [0.1, 0.15) is 51.4 Å². The summed E-state index contributed by atoms with van der Waals surface area (Å²) >= 11 is 0. The lowest BCUT2D eigenvalue weighted by molar-refractivity contribution is -0.146. The van der Waals surface area contributed by atoms with Crippen LogP contribution in [-0.2, 0) is 9.59 Å². The van der Waals surface area contributed by atoms with Crippen molar-refractivity contribution in [2.45, 2.75) is 57.4 Å². The Hall–Kier alpha value is -1.06. The molecule has 1 N–H and O–H groups in total. The maximum Gasteiger partial charge on any atom is 0.311 e. The van der Waals surface area contributed by atoms with Crippen molar-refractivity contribution in [1.29, 1.82) is 0 Å². The Kier molecular flexibility index (Phi) is 4.40. The molecule has 2 fully saturated rings. The molecule has 2 rings (SSSR count). The van der Waals surface area contributed by atoms with E-state index in [0.717, 1.165) is 38.8 Å². The van der Waals surface area contributed by atoms with Gasteiger partial charge in [0.2, 0.25) is 0 Å². The van der Waals surface area contributed by atoms with Crippen LogP contribution in [-0.4, -0.2) is 35.8 Å². The molecule has 0 radical (unpaired) electrons. The first-order valence-corrected chi connectivity index (χ1v) is 6.87. The maximum atomic E-state index is 12.0. The van der Waals surface area contributed by atoms with Gasteiger partial charge >= 0.3 is 11.8 Å². The second kappa shape index (κ2) is 6.03. The van der Waals surface area contributed by atoms with Crippen molar-refractivity contribution in [3.63, 3.8) is 0 Å². The first kappa shape index (κ1) is 12.4. The molecular formula is C13H22N2O2. The van der Waals surface area contributed by atoms with Gasteiger partial charge < -0.3 is 10.2 Å². The van der Waals surface area contributed by atoms with Gasteiger partial charge in [-0.3, -0.25) is 9.59 Å². The van der Waals surface area contributed by atoms with E-state index in [1.165, 1.54) is 25.7 Å². The Morgan fingerprint density at radius 2 is 1.47 bits per heavy atom. The fraction of sp³-hybridized carbons (Fsp3) is 0.846. The molecule has 2 aliphatic rings. The molecule has 2 amide bonds. The Balaban J connectivity index is 1.82. The number of amides is 2. The van der Waals surface area contributed by atoms with E-state index in [1.54, 1.807) is 4.90 Å². The normalized spacial score (nSPS) is 22.2. The van der Waals surface area contributed by atoms with Crippen molar-refractivity contribution in [3.8, 4) is 0 Å². The van der Waals surface area contributed by atoms with E-state index < -0.39 is 0 Å². The van der Waals surface area contributed by atoms with Crippen molar-refractivity contribution in [2.24, 2.45) is 0 Å². The lowest BCUT2D eigenvalue weighted by Crippen LogP contribution is -2.46. The van der Waals surface area contributed by atoms with Crippen molar-refractivity contribution >= 4 is 11.8 Å². The third kappa shape index (κ3) is 3.45. The average Bonchev–Trinajstić information content (AvgIpc) is 2.68. The molecule has 17 heavy (non-hydrogen) atoms. The van der Waals surface area contributed by atoms with E-state index in [2.05, 4.69) is 5.32 Å². The average molecular weight is 238 g/mol. The van der Waals surface area contributed by atoms with E-state index in [1.807, 2.05) is 0 Å². The van der Waals surface area contributed by atoms with Gasteiger partial charge in [0.05, 0.1) is 0 Å². The van der Waals surface area contributed by atoms with Gasteiger partial charge in [-0.05, 0) is 25.7 Å². The molecule has 1 aliphatic carbocycles. The van der Waals surface area contributed by atoms with Crippen LogP contribution < -0.4 is 5.32 Å². The van der Waals surface area contributed by atoms with Gasteiger partial charge in [-0.1, -0.05) is 25.7 Å². The smallest absolute Gasteiger partial charge is 0.311 e. The lowest BCUT2D eigenvalue weighted by Gasteiger charge is -2.20. The summed E-state index contributed by atoms with van der Waals surface area (Å²) in [6.07, 6.45) is 8.80. The highest BCUT2D eigenvalue weighted by Gasteiger charge is 2.25. The van der Waals surface area contributed by atoms with Gasteiger partial charge in [-0.15, -0.1) is 0 Å². The number of hydrogen-bond donors (Lipinski definition) is 1. The van der Waals surface area contributed by atoms with E-state index in [4.69, 9.17) is 0 Å². The van der Waals surface area contributed by atoms with Crippen molar-refractivity contribution in [3.05, 3.63) is 0 Å². The summed E-state index contributed by atoms with van der Waals surface area (Å²) in [5.41, 5.74) is 0. The van der Waals surface area contributed by atoms with E-state index in [9.17, 15) is 9.59 Å². The molecule has 1 saturated heterocycles. The molecule has 1 aliphatic heterocycles. The number of hydrogen-bond acceptors (Lipinski definition) is 2. The number of carbonyl (C=O) groups is 2. The summed E-state index contributed by atoms with van der Waals surface area (Å²) in [7, 11) is 0. The molecule has 0 aromatic heterocycles. The van der Waals surface area contributed by atoms with Gasteiger partial charge in [-0.25, -0.2) is 0 Å². The van der Waals surface area contributed by atoms with E-state index in [0.29, 0.717) is 0 Å². The number of nitrogens with zero attached hydrogens (tertiary/aromatic N) is 1. The molecule has 0 aromatic rings. The highest BCUT2D eigenvalue weighted by Crippen LogP contribution is 2.17. The van der Waals surface area contributed by atoms with Crippen LogP contribution in [0, 0.1) is 0 Å². The second-order valence-corrected chi connectivity index (χ2v) is 5.16. The zero-order valence-electron chi connectivity index (χ0n) is 10.4. The minimum Gasteiger partial charge on any atom is -0.345 e. The van der Waals surface area contributed by atoms with Gasteiger partial charge in [-0.2, -0.15) is 0 Å². The molecule has 1 heterocycles. The Labute approximate surface area is 103 Å². The predicted molar refractivity (Wildman–Crippen MR) is 65.4 cm³/mol. The first-order valence-electron chi connectivity index (χ1n) is 6.87. The maximum absolute atomic E-state index is 12.0. The minimum atomic E-state index is -0.390. The van der Waals surface area contributed by atoms with Crippen LogP contribution in [0.2, 0.25) is 0 Å². The molecule has 4 heteroatoms. The van der Waals surface area contributed by atoms with Crippen LogP contribution in [0.5, 0.6) is 0 Å². The van der Waals surface area contributed by atoms with Gasteiger partial charge in [0.1, 0.15) is 0 Å².